The summed E-state index contributed by atoms with van der Waals surface area (Å²) < 4.78 is 4.97. The zero-order valence-electron chi connectivity index (χ0n) is 9.46. The standard InChI is InChI=1S/C13H12N2O2/c1-2-17-13(16)12-11(4-3-7-15-12)10-5-8-14-9-6-10/h3-9H,2H2,1H3. The number of hydrogen-bond donors (Lipinski definition) is 0. The topological polar surface area (TPSA) is 52.1 Å². The third-order valence-corrected chi connectivity index (χ3v) is 2.27. The van der Waals surface area contributed by atoms with Gasteiger partial charge in [-0.25, -0.2) is 9.78 Å². The maximum absolute atomic E-state index is 11.7. The van der Waals surface area contributed by atoms with E-state index < -0.39 is 5.97 Å². The molecule has 2 heterocycles. The van der Waals surface area contributed by atoms with Crippen LogP contribution in [-0.2, 0) is 4.74 Å². The fraction of sp³-hybridized carbons (Fsp3) is 0.154. The van der Waals surface area contributed by atoms with Gasteiger partial charge in [0.2, 0.25) is 0 Å². The highest BCUT2D eigenvalue weighted by molar-refractivity contribution is 5.95. The van der Waals surface area contributed by atoms with Gasteiger partial charge in [0.25, 0.3) is 0 Å². The SMILES string of the molecule is CCOC(=O)c1ncccc1-c1ccncc1. The van der Waals surface area contributed by atoms with Crippen LogP contribution in [0.3, 0.4) is 0 Å². The van der Waals surface area contributed by atoms with Gasteiger partial charge in [-0.05, 0) is 30.7 Å². The third-order valence-electron chi connectivity index (χ3n) is 2.27. The van der Waals surface area contributed by atoms with Gasteiger partial charge in [-0.2, -0.15) is 0 Å². The zero-order valence-corrected chi connectivity index (χ0v) is 9.46. The predicted molar refractivity (Wildman–Crippen MR) is 63.4 cm³/mol. The molecule has 2 aromatic heterocycles. The number of ether oxygens (including phenoxy) is 1. The van der Waals surface area contributed by atoms with Gasteiger partial charge in [0.15, 0.2) is 5.69 Å². The molecule has 0 fully saturated rings. The second-order valence-electron chi connectivity index (χ2n) is 3.36. The predicted octanol–water partition coefficient (Wildman–Crippen LogP) is 2.32. The van der Waals surface area contributed by atoms with Crippen LogP contribution in [0.5, 0.6) is 0 Å². The van der Waals surface area contributed by atoms with Crippen LogP contribution >= 0.6 is 0 Å². The number of nitrogens with zero attached hydrogens (tertiary/aromatic N) is 2. The molecule has 0 spiro atoms. The van der Waals surface area contributed by atoms with Crippen LogP contribution in [0.4, 0.5) is 0 Å². The van der Waals surface area contributed by atoms with Crippen LogP contribution in [0.2, 0.25) is 0 Å². The summed E-state index contributed by atoms with van der Waals surface area (Å²) in [5.41, 5.74) is 1.99. The maximum atomic E-state index is 11.7. The molecular formula is C13H12N2O2. The monoisotopic (exact) mass is 228 g/mol. The first-order valence-electron chi connectivity index (χ1n) is 5.35. The summed E-state index contributed by atoms with van der Waals surface area (Å²) in [5.74, 6) is -0.403. The summed E-state index contributed by atoms with van der Waals surface area (Å²) in [6.07, 6.45) is 4.94. The molecule has 0 radical (unpaired) electrons. The first-order valence-corrected chi connectivity index (χ1v) is 5.35. The summed E-state index contributed by atoms with van der Waals surface area (Å²) in [5, 5.41) is 0. The maximum Gasteiger partial charge on any atom is 0.357 e. The molecule has 0 saturated heterocycles. The van der Waals surface area contributed by atoms with E-state index in [4.69, 9.17) is 4.74 Å². The van der Waals surface area contributed by atoms with Crippen LogP contribution in [0.1, 0.15) is 17.4 Å². The van der Waals surface area contributed by atoms with Crippen molar-refractivity contribution >= 4 is 5.97 Å². The molecule has 0 bridgehead atoms. The van der Waals surface area contributed by atoms with Gasteiger partial charge < -0.3 is 4.74 Å². The molecule has 86 valence electrons. The first kappa shape index (κ1) is 11.3. The van der Waals surface area contributed by atoms with Gasteiger partial charge in [0.1, 0.15) is 0 Å². The Balaban J connectivity index is 2.45. The van der Waals surface area contributed by atoms with Crippen LogP contribution in [0.15, 0.2) is 42.9 Å². The van der Waals surface area contributed by atoms with E-state index in [9.17, 15) is 4.79 Å². The zero-order chi connectivity index (χ0) is 12.1. The van der Waals surface area contributed by atoms with Crippen molar-refractivity contribution in [3.8, 4) is 11.1 Å². The molecule has 0 aliphatic rings. The molecule has 0 atom stereocenters. The molecule has 0 unspecified atom stereocenters. The number of esters is 1. The van der Waals surface area contributed by atoms with Crippen molar-refractivity contribution in [2.24, 2.45) is 0 Å². The molecule has 0 aromatic carbocycles. The number of carbonyl (C=O) groups excluding carboxylic acids is 1. The van der Waals surface area contributed by atoms with E-state index >= 15 is 0 Å². The van der Waals surface area contributed by atoms with Crippen molar-refractivity contribution in [1.29, 1.82) is 0 Å². The van der Waals surface area contributed by atoms with Crippen LogP contribution in [0.25, 0.3) is 11.1 Å². The Bertz CT molecular complexity index is 512. The van der Waals surface area contributed by atoms with Crippen molar-refractivity contribution in [3.05, 3.63) is 48.5 Å². The van der Waals surface area contributed by atoms with Crippen molar-refractivity contribution in [3.63, 3.8) is 0 Å². The van der Waals surface area contributed by atoms with Crippen molar-refractivity contribution in [2.45, 2.75) is 6.92 Å². The lowest BCUT2D eigenvalue weighted by Crippen LogP contribution is -2.08. The smallest absolute Gasteiger partial charge is 0.357 e. The molecule has 0 amide bonds. The molecule has 0 saturated carbocycles. The van der Waals surface area contributed by atoms with E-state index in [2.05, 4.69) is 9.97 Å². The Hall–Kier alpha value is -2.23. The minimum absolute atomic E-state index is 0.334. The largest absolute Gasteiger partial charge is 0.461 e. The lowest BCUT2D eigenvalue weighted by molar-refractivity contribution is 0.0520. The van der Waals surface area contributed by atoms with Crippen LogP contribution < -0.4 is 0 Å². The van der Waals surface area contributed by atoms with Crippen LogP contribution in [-0.4, -0.2) is 22.5 Å². The molecule has 2 rings (SSSR count). The average Bonchev–Trinajstić information content (AvgIpc) is 2.40. The Kier molecular flexibility index (Phi) is 3.45. The second kappa shape index (κ2) is 5.21. The Morgan fingerprint density at radius 2 is 2.00 bits per heavy atom. The molecule has 4 nitrogen and oxygen atoms in total. The summed E-state index contributed by atoms with van der Waals surface area (Å²) in [6, 6.07) is 7.30. The van der Waals surface area contributed by atoms with Gasteiger partial charge >= 0.3 is 5.97 Å². The average molecular weight is 228 g/mol. The summed E-state index contributed by atoms with van der Waals surface area (Å²) >= 11 is 0. The minimum atomic E-state index is -0.403. The fourth-order valence-electron chi connectivity index (χ4n) is 1.53. The van der Waals surface area contributed by atoms with E-state index in [0.29, 0.717) is 12.3 Å². The Labute approximate surface area is 99.3 Å². The fourth-order valence-corrected chi connectivity index (χ4v) is 1.53. The van der Waals surface area contributed by atoms with E-state index in [-0.39, 0.29) is 0 Å². The van der Waals surface area contributed by atoms with Gasteiger partial charge in [0, 0.05) is 24.2 Å². The van der Waals surface area contributed by atoms with E-state index in [1.165, 1.54) is 0 Å². The highest BCUT2D eigenvalue weighted by Gasteiger charge is 2.14. The summed E-state index contributed by atoms with van der Waals surface area (Å²) in [4.78, 5) is 19.8. The van der Waals surface area contributed by atoms with Crippen molar-refractivity contribution in [2.75, 3.05) is 6.61 Å². The van der Waals surface area contributed by atoms with Gasteiger partial charge in [-0.15, -0.1) is 0 Å². The highest BCUT2D eigenvalue weighted by atomic mass is 16.5. The van der Waals surface area contributed by atoms with Crippen molar-refractivity contribution < 1.29 is 9.53 Å². The minimum Gasteiger partial charge on any atom is -0.461 e. The van der Waals surface area contributed by atoms with Crippen molar-refractivity contribution in [1.82, 2.24) is 9.97 Å². The summed E-state index contributed by atoms with van der Waals surface area (Å²) in [7, 11) is 0. The third kappa shape index (κ3) is 2.47. The molecule has 2 aromatic rings. The highest BCUT2D eigenvalue weighted by Crippen LogP contribution is 2.21. The lowest BCUT2D eigenvalue weighted by atomic mass is 10.1. The van der Waals surface area contributed by atoms with Gasteiger partial charge in [-0.1, -0.05) is 6.07 Å². The van der Waals surface area contributed by atoms with E-state index in [1.807, 2.05) is 18.2 Å². The molecule has 0 aliphatic carbocycles. The lowest BCUT2D eigenvalue weighted by Gasteiger charge is -2.07. The Morgan fingerprint density at radius 3 is 2.71 bits per heavy atom. The number of rotatable bonds is 3. The summed E-state index contributed by atoms with van der Waals surface area (Å²) in [6.45, 7) is 2.11. The molecule has 0 aliphatic heterocycles. The van der Waals surface area contributed by atoms with Gasteiger partial charge in [0.05, 0.1) is 6.61 Å². The molecule has 0 N–H and O–H groups in total. The quantitative estimate of drug-likeness (QED) is 0.756. The molecule has 17 heavy (non-hydrogen) atoms. The Morgan fingerprint density at radius 1 is 1.24 bits per heavy atom. The number of carbonyl (C=O) groups is 1. The molecular weight excluding hydrogens is 216 g/mol. The first-order chi connectivity index (χ1) is 8.33. The number of pyridine rings is 2. The van der Waals surface area contributed by atoms with Crippen LogP contribution in [0, 0.1) is 0 Å². The van der Waals surface area contributed by atoms with E-state index in [1.54, 1.807) is 31.6 Å². The second-order valence-corrected chi connectivity index (χ2v) is 3.36. The normalized spacial score (nSPS) is 9.94. The molecule has 4 heteroatoms. The van der Waals surface area contributed by atoms with Gasteiger partial charge in [-0.3, -0.25) is 4.98 Å². The number of aromatic nitrogens is 2. The number of hydrogen-bond acceptors (Lipinski definition) is 4. The van der Waals surface area contributed by atoms with E-state index in [0.717, 1.165) is 11.1 Å².